The SMILES string of the molecule is CC.CCC1=CCNC12CCOC2. The largest absolute Gasteiger partial charge is 0.379 e. The fourth-order valence-corrected chi connectivity index (χ4v) is 2.12. The van der Waals surface area contributed by atoms with Gasteiger partial charge in [0.25, 0.3) is 0 Å². The van der Waals surface area contributed by atoms with Crippen molar-refractivity contribution in [2.45, 2.75) is 39.2 Å². The molecule has 1 spiro atoms. The van der Waals surface area contributed by atoms with E-state index < -0.39 is 0 Å². The molecule has 2 aliphatic rings. The lowest BCUT2D eigenvalue weighted by atomic mass is 9.90. The summed E-state index contributed by atoms with van der Waals surface area (Å²) in [5.74, 6) is 0. The van der Waals surface area contributed by atoms with E-state index in [1.807, 2.05) is 13.8 Å². The molecular weight excluding hydrogens is 162 g/mol. The molecule has 0 aromatic heterocycles. The minimum absolute atomic E-state index is 0.245. The van der Waals surface area contributed by atoms with Crippen molar-refractivity contribution in [1.82, 2.24) is 5.32 Å². The van der Waals surface area contributed by atoms with Crippen LogP contribution in [0.15, 0.2) is 11.6 Å². The molecule has 1 fully saturated rings. The van der Waals surface area contributed by atoms with Gasteiger partial charge in [-0.3, -0.25) is 0 Å². The highest BCUT2D eigenvalue weighted by molar-refractivity contribution is 5.27. The van der Waals surface area contributed by atoms with Gasteiger partial charge in [-0.25, -0.2) is 0 Å². The summed E-state index contributed by atoms with van der Waals surface area (Å²) in [6.45, 7) is 9.06. The standard InChI is InChI=1S/C9H15NO.C2H6/c1-2-8-3-5-10-9(8)4-6-11-7-9;1-2/h3,10H,2,4-7H2,1H3;1-2H3. The van der Waals surface area contributed by atoms with Gasteiger partial charge < -0.3 is 10.1 Å². The van der Waals surface area contributed by atoms with Crippen LogP contribution in [0.5, 0.6) is 0 Å². The molecule has 0 aromatic rings. The van der Waals surface area contributed by atoms with Crippen LogP contribution in [0, 0.1) is 0 Å². The maximum absolute atomic E-state index is 5.41. The van der Waals surface area contributed by atoms with Gasteiger partial charge in [-0.15, -0.1) is 0 Å². The molecule has 2 heterocycles. The van der Waals surface area contributed by atoms with Crippen LogP contribution in [0.3, 0.4) is 0 Å². The molecule has 13 heavy (non-hydrogen) atoms. The minimum Gasteiger partial charge on any atom is -0.379 e. The Labute approximate surface area is 81.4 Å². The summed E-state index contributed by atoms with van der Waals surface area (Å²) in [4.78, 5) is 0. The van der Waals surface area contributed by atoms with Crippen molar-refractivity contribution in [3.8, 4) is 0 Å². The summed E-state index contributed by atoms with van der Waals surface area (Å²) < 4.78 is 5.41. The fourth-order valence-electron chi connectivity index (χ4n) is 2.12. The quantitative estimate of drug-likeness (QED) is 0.629. The van der Waals surface area contributed by atoms with Crippen LogP contribution in [0.25, 0.3) is 0 Å². The van der Waals surface area contributed by atoms with Gasteiger partial charge in [0.05, 0.1) is 12.1 Å². The van der Waals surface area contributed by atoms with E-state index in [2.05, 4.69) is 18.3 Å². The number of nitrogens with one attached hydrogen (secondary N) is 1. The Morgan fingerprint density at radius 3 is 2.85 bits per heavy atom. The number of hydrogen-bond acceptors (Lipinski definition) is 2. The van der Waals surface area contributed by atoms with E-state index in [9.17, 15) is 0 Å². The van der Waals surface area contributed by atoms with Gasteiger partial charge in [0.2, 0.25) is 0 Å². The normalized spacial score (nSPS) is 31.5. The molecule has 2 heteroatoms. The third kappa shape index (κ3) is 1.94. The topological polar surface area (TPSA) is 21.3 Å². The van der Waals surface area contributed by atoms with Gasteiger partial charge in [0.1, 0.15) is 0 Å². The molecule has 1 saturated heterocycles. The van der Waals surface area contributed by atoms with Crippen LogP contribution in [0.4, 0.5) is 0 Å². The molecule has 2 aliphatic heterocycles. The lowest BCUT2D eigenvalue weighted by Crippen LogP contribution is -2.43. The molecular formula is C11H21NO. The molecule has 1 atom stereocenters. The van der Waals surface area contributed by atoms with Gasteiger partial charge in [-0.1, -0.05) is 32.4 Å². The number of rotatable bonds is 1. The van der Waals surface area contributed by atoms with Crippen LogP contribution in [-0.4, -0.2) is 25.3 Å². The molecule has 76 valence electrons. The zero-order valence-electron chi connectivity index (χ0n) is 9.02. The molecule has 0 bridgehead atoms. The highest BCUT2D eigenvalue weighted by Gasteiger charge is 2.39. The first-order chi connectivity index (χ1) is 6.37. The van der Waals surface area contributed by atoms with Crippen LogP contribution in [0.1, 0.15) is 33.6 Å². The Hall–Kier alpha value is -0.340. The summed E-state index contributed by atoms with van der Waals surface area (Å²) in [6.07, 6.45) is 4.64. The predicted molar refractivity (Wildman–Crippen MR) is 55.9 cm³/mol. The van der Waals surface area contributed by atoms with Gasteiger partial charge in [-0.2, -0.15) is 0 Å². The first kappa shape index (κ1) is 10.7. The molecule has 2 rings (SSSR count). The summed E-state index contributed by atoms with van der Waals surface area (Å²) in [5.41, 5.74) is 1.80. The highest BCUT2D eigenvalue weighted by atomic mass is 16.5. The van der Waals surface area contributed by atoms with E-state index in [0.29, 0.717) is 0 Å². The van der Waals surface area contributed by atoms with Crippen molar-refractivity contribution in [3.63, 3.8) is 0 Å². The summed E-state index contributed by atoms with van der Waals surface area (Å²) >= 11 is 0. The van der Waals surface area contributed by atoms with Gasteiger partial charge in [0, 0.05) is 13.2 Å². The lowest BCUT2D eigenvalue weighted by molar-refractivity contribution is 0.178. The first-order valence-corrected chi connectivity index (χ1v) is 5.40. The monoisotopic (exact) mass is 183 g/mol. The molecule has 0 radical (unpaired) electrons. The Balaban J connectivity index is 0.000000396. The van der Waals surface area contributed by atoms with Crippen molar-refractivity contribution in [3.05, 3.63) is 11.6 Å². The maximum Gasteiger partial charge on any atom is 0.0687 e. The second-order valence-corrected chi connectivity index (χ2v) is 3.35. The summed E-state index contributed by atoms with van der Waals surface area (Å²) in [7, 11) is 0. The van der Waals surface area contributed by atoms with E-state index in [1.165, 1.54) is 0 Å². The van der Waals surface area contributed by atoms with Crippen LogP contribution in [0.2, 0.25) is 0 Å². The van der Waals surface area contributed by atoms with E-state index >= 15 is 0 Å². The number of ether oxygens (including phenoxy) is 1. The lowest BCUT2D eigenvalue weighted by Gasteiger charge is -2.25. The van der Waals surface area contributed by atoms with Gasteiger partial charge in [-0.05, 0) is 12.8 Å². The van der Waals surface area contributed by atoms with Crippen LogP contribution < -0.4 is 5.32 Å². The van der Waals surface area contributed by atoms with E-state index in [0.717, 1.165) is 32.6 Å². The highest BCUT2D eigenvalue weighted by Crippen LogP contribution is 2.31. The number of hydrogen-bond donors (Lipinski definition) is 1. The molecule has 2 nitrogen and oxygen atoms in total. The molecule has 0 aliphatic carbocycles. The van der Waals surface area contributed by atoms with Crippen LogP contribution >= 0.6 is 0 Å². The first-order valence-electron chi connectivity index (χ1n) is 5.40. The average molecular weight is 183 g/mol. The molecule has 0 saturated carbocycles. The molecule has 1 N–H and O–H groups in total. The smallest absolute Gasteiger partial charge is 0.0687 e. The van der Waals surface area contributed by atoms with Crippen molar-refractivity contribution >= 4 is 0 Å². The van der Waals surface area contributed by atoms with Crippen LogP contribution in [-0.2, 0) is 4.74 Å². The van der Waals surface area contributed by atoms with E-state index in [1.54, 1.807) is 5.57 Å². The Morgan fingerprint density at radius 1 is 1.54 bits per heavy atom. The molecule has 0 amide bonds. The Kier molecular flexibility index (Phi) is 3.94. The third-order valence-corrected chi connectivity index (χ3v) is 2.81. The van der Waals surface area contributed by atoms with Crippen molar-refractivity contribution in [2.24, 2.45) is 0 Å². The molecule has 1 unspecified atom stereocenters. The van der Waals surface area contributed by atoms with Gasteiger partial charge in [0.15, 0.2) is 0 Å². The maximum atomic E-state index is 5.41. The third-order valence-electron chi connectivity index (χ3n) is 2.81. The average Bonchev–Trinajstić information content (AvgIpc) is 2.80. The van der Waals surface area contributed by atoms with Gasteiger partial charge >= 0.3 is 0 Å². The van der Waals surface area contributed by atoms with Crippen molar-refractivity contribution in [1.29, 1.82) is 0 Å². The second-order valence-electron chi connectivity index (χ2n) is 3.35. The fraction of sp³-hybridized carbons (Fsp3) is 0.818. The van der Waals surface area contributed by atoms with E-state index in [4.69, 9.17) is 4.74 Å². The zero-order chi connectivity index (χ0) is 9.73. The summed E-state index contributed by atoms with van der Waals surface area (Å²) in [5, 5.41) is 3.52. The van der Waals surface area contributed by atoms with Crippen molar-refractivity contribution < 1.29 is 4.74 Å². The van der Waals surface area contributed by atoms with E-state index in [-0.39, 0.29) is 5.54 Å². The molecule has 0 aromatic carbocycles. The Bertz CT molecular complexity index is 181. The second kappa shape index (κ2) is 4.77. The minimum atomic E-state index is 0.245. The Morgan fingerprint density at radius 2 is 2.31 bits per heavy atom. The summed E-state index contributed by atoms with van der Waals surface area (Å²) in [6, 6.07) is 0. The predicted octanol–water partition coefficient (Wildman–Crippen LogP) is 2.11. The van der Waals surface area contributed by atoms with Crippen molar-refractivity contribution in [2.75, 3.05) is 19.8 Å². The zero-order valence-corrected chi connectivity index (χ0v) is 9.02.